The Kier molecular flexibility index (Phi) is 6.15. The molecule has 1 amide bonds. The lowest BCUT2D eigenvalue weighted by atomic mass is 10.1. The van der Waals surface area contributed by atoms with Gasteiger partial charge in [-0.1, -0.05) is 0 Å². The lowest BCUT2D eigenvalue weighted by Crippen LogP contribution is -2.43. The Balaban J connectivity index is 1.31. The molecule has 1 fully saturated rings. The van der Waals surface area contributed by atoms with Crippen LogP contribution in [0.3, 0.4) is 0 Å². The van der Waals surface area contributed by atoms with Gasteiger partial charge in [0.2, 0.25) is 15.9 Å². The lowest BCUT2D eigenvalue weighted by molar-refractivity contribution is -0.119. The van der Waals surface area contributed by atoms with E-state index in [0.29, 0.717) is 54.1 Å². The Morgan fingerprint density at radius 1 is 1.15 bits per heavy atom. The molecule has 3 aromatic rings. The second kappa shape index (κ2) is 9.24. The summed E-state index contributed by atoms with van der Waals surface area (Å²) in [4.78, 5) is 17.7. The predicted octanol–water partition coefficient (Wildman–Crippen LogP) is 3.38. The van der Waals surface area contributed by atoms with Crippen LogP contribution in [0, 0.1) is 0 Å². The molecule has 0 aliphatic carbocycles. The molecular formula is C23H23N3O6S2. The number of aromatic nitrogens is 1. The van der Waals surface area contributed by atoms with Crippen molar-refractivity contribution in [3.63, 3.8) is 0 Å². The highest BCUT2D eigenvalue weighted by Crippen LogP contribution is 2.35. The number of sulfonamides is 1. The molecule has 34 heavy (non-hydrogen) atoms. The summed E-state index contributed by atoms with van der Waals surface area (Å²) in [5.41, 5.74) is 1.52. The summed E-state index contributed by atoms with van der Waals surface area (Å²) in [7, 11) is -2.31. The fourth-order valence-electron chi connectivity index (χ4n) is 4.03. The number of fused-ring (bicyclic) bond motifs is 1. The summed E-state index contributed by atoms with van der Waals surface area (Å²) < 4.78 is 43.9. The van der Waals surface area contributed by atoms with Crippen LogP contribution in [0.4, 0.5) is 5.13 Å². The van der Waals surface area contributed by atoms with E-state index < -0.39 is 22.0 Å². The minimum absolute atomic E-state index is 0.128. The summed E-state index contributed by atoms with van der Waals surface area (Å²) in [5.74, 6) is 1.52. The van der Waals surface area contributed by atoms with Gasteiger partial charge in [-0.2, -0.15) is 4.31 Å². The Labute approximate surface area is 201 Å². The third-order valence-corrected chi connectivity index (χ3v) is 8.42. The first-order chi connectivity index (χ1) is 16.5. The van der Waals surface area contributed by atoms with Crippen molar-refractivity contribution in [3.8, 4) is 28.5 Å². The molecule has 3 heterocycles. The van der Waals surface area contributed by atoms with Gasteiger partial charge < -0.3 is 19.5 Å². The van der Waals surface area contributed by atoms with E-state index in [1.807, 2.05) is 23.6 Å². The van der Waals surface area contributed by atoms with E-state index in [0.717, 1.165) is 5.56 Å². The van der Waals surface area contributed by atoms with Crippen LogP contribution >= 0.6 is 11.3 Å². The molecule has 0 bridgehead atoms. The maximum Gasteiger partial charge on any atom is 0.244 e. The molecule has 9 nitrogen and oxygen atoms in total. The average Bonchev–Trinajstić information content (AvgIpc) is 3.54. The summed E-state index contributed by atoms with van der Waals surface area (Å²) in [6, 6.07) is 10.9. The van der Waals surface area contributed by atoms with Gasteiger partial charge in [-0.25, -0.2) is 13.4 Å². The third kappa shape index (κ3) is 4.33. The van der Waals surface area contributed by atoms with Gasteiger partial charge in [0, 0.05) is 17.5 Å². The number of hydrogen-bond acceptors (Lipinski definition) is 8. The van der Waals surface area contributed by atoms with Crippen LogP contribution < -0.4 is 19.5 Å². The molecule has 1 saturated heterocycles. The zero-order valence-corrected chi connectivity index (χ0v) is 20.0. The van der Waals surface area contributed by atoms with E-state index >= 15 is 0 Å². The van der Waals surface area contributed by atoms with E-state index in [-0.39, 0.29) is 11.4 Å². The highest BCUT2D eigenvalue weighted by molar-refractivity contribution is 7.89. The number of rotatable bonds is 6. The minimum atomic E-state index is -3.82. The van der Waals surface area contributed by atoms with E-state index in [1.54, 1.807) is 12.1 Å². The van der Waals surface area contributed by atoms with Crippen molar-refractivity contribution < 1.29 is 27.4 Å². The summed E-state index contributed by atoms with van der Waals surface area (Å²) in [5, 5.41) is 5.04. The van der Waals surface area contributed by atoms with Gasteiger partial charge in [0.25, 0.3) is 0 Å². The molecule has 1 atom stereocenters. The SMILES string of the molecule is COc1ccc(S(=O)(=O)N2CCCC2C(=O)Nc2nc(-c3ccc4c(c3)OCCO4)cs2)cc1. The first-order valence-corrected chi connectivity index (χ1v) is 13.1. The smallest absolute Gasteiger partial charge is 0.244 e. The quantitative estimate of drug-likeness (QED) is 0.552. The first-order valence-electron chi connectivity index (χ1n) is 10.8. The summed E-state index contributed by atoms with van der Waals surface area (Å²) in [6.45, 7) is 1.30. The van der Waals surface area contributed by atoms with Crippen LogP contribution in [-0.2, 0) is 14.8 Å². The monoisotopic (exact) mass is 501 g/mol. The zero-order valence-electron chi connectivity index (χ0n) is 18.4. The molecule has 2 aliphatic rings. The van der Waals surface area contributed by atoms with Gasteiger partial charge in [0.05, 0.1) is 17.7 Å². The lowest BCUT2D eigenvalue weighted by Gasteiger charge is -2.23. The van der Waals surface area contributed by atoms with Crippen LogP contribution in [-0.4, -0.2) is 56.5 Å². The number of anilines is 1. The van der Waals surface area contributed by atoms with E-state index in [2.05, 4.69) is 10.3 Å². The van der Waals surface area contributed by atoms with E-state index in [4.69, 9.17) is 14.2 Å². The number of hydrogen-bond donors (Lipinski definition) is 1. The maximum atomic E-state index is 13.2. The first kappa shape index (κ1) is 22.6. The van der Waals surface area contributed by atoms with Crippen molar-refractivity contribution >= 4 is 32.4 Å². The number of ether oxygens (including phenoxy) is 3. The predicted molar refractivity (Wildman–Crippen MR) is 127 cm³/mol. The summed E-state index contributed by atoms with van der Waals surface area (Å²) in [6.07, 6.45) is 1.05. The van der Waals surface area contributed by atoms with Crippen LogP contribution in [0.5, 0.6) is 17.2 Å². The Hall–Kier alpha value is -3.15. The number of nitrogens with zero attached hydrogens (tertiary/aromatic N) is 2. The van der Waals surface area contributed by atoms with Gasteiger partial charge >= 0.3 is 0 Å². The topological polar surface area (TPSA) is 107 Å². The summed E-state index contributed by atoms with van der Waals surface area (Å²) >= 11 is 1.28. The molecule has 178 valence electrons. The number of benzene rings is 2. The van der Waals surface area contributed by atoms with E-state index in [9.17, 15) is 13.2 Å². The van der Waals surface area contributed by atoms with Crippen LogP contribution in [0.15, 0.2) is 52.7 Å². The van der Waals surface area contributed by atoms with Crippen molar-refractivity contribution in [2.24, 2.45) is 0 Å². The van der Waals surface area contributed by atoms with Crippen molar-refractivity contribution in [2.45, 2.75) is 23.8 Å². The number of amides is 1. The molecule has 0 saturated carbocycles. The van der Waals surface area contributed by atoms with Gasteiger partial charge in [-0.3, -0.25) is 4.79 Å². The highest BCUT2D eigenvalue weighted by atomic mass is 32.2. The molecule has 1 N–H and O–H groups in total. The van der Waals surface area contributed by atoms with Crippen molar-refractivity contribution in [1.29, 1.82) is 0 Å². The maximum absolute atomic E-state index is 13.2. The molecule has 2 aliphatic heterocycles. The molecule has 11 heteroatoms. The zero-order chi connectivity index (χ0) is 23.7. The van der Waals surface area contributed by atoms with Crippen LogP contribution in [0.1, 0.15) is 12.8 Å². The molecule has 1 aromatic heterocycles. The number of carbonyl (C=O) groups excluding carboxylic acids is 1. The third-order valence-electron chi connectivity index (χ3n) is 5.74. The van der Waals surface area contributed by atoms with Crippen LogP contribution in [0.2, 0.25) is 0 Å². The van der Waals surface area contributed by atoms with Gasteiger partial charge in [-0.15, -0.1) is 11.3 Å². The van der Waals surface area contributed by atoms with Gasteiger partial charge in [0.15, 0.2) is 16.6 Å². The van der Waals surface area contributed by atoms with Crippen molar-refractivity contribution in [3.05, 3.63) is 47.8 Å². The van der Waals surface area contributed by atoms with Gasteiger partial charge in [0.1, 0.15) is 25.0 Å². The molecule has 0 radical (unpaired) electrons. The normalized spacial score (nSPS) is 18.0. The van der Waals surface area contributed by atoms with Crippen molar-refractivity contribution in [2.75, 3.05) is 32.2 Å². The number of thiazole rings is 1. The van der Waals surface area contributed by atoms with Crippen LogP contribution in [0.25, 0.3) is 11.3 Å². The number of nitrogens with one attached hydrogen (secondary N) is 1. The fraction of sp³-hybridized carbons (Fsp3) is 0.304. The molecule has 1 unspecified atom stereocenters. The average molecular weight is 502 g/mol. The second-order valence-corrected chi connectivity index (χ2v) is 10.6. The largest absolute Gasteiger partial charge is 0.497 e. The fourth-order valence-corrected chi connectivity index (χ4v) is 6.41. The Morgan fingerprint density at radius 2 is 1.91 bits per heavy atom. The Bertz CT molecular complexity index is 1310. The molecule has 2 aromatic carbocycles. The standard InChI is InChI=1S/C23H23N3O6S2/c1-30-16-5-7-17(8-6-16)34(28,29)26-10-2-3-19(26)22(27)25-23-24-18(14-33-23)15-4-9-20-21(13-15)32-12-11-31-20/h4-9,13-14,19H,2-3,10-12H2,1H3,(H,24,25,27). The molecule has 5 rings (SSSR count). The number of carbonyl (C=O) groups is 1. The second-order valence-electron chi connectivity index (χ2n) is 7.83. The van der Waals surface area contributed by atoms with E-state index in [1.165, 1.54) is 34.9 Å². The highest BCUT2D eigenvalue weighted by Gasteiger charge is 2.39. The minimum Gasteiger partial charge on any atom is -0.497 e. The van der Waals surface area contributed by atoms with Gasteiger partial charge in [-0.05, 0) is 55.3 Å². The van der Waals surface area contributed by atoms with Crippen molar-refractivity contribution in [1.82, 2.24) is 9.29 Å². The number of methoxy groups -OCH3 is 1. The Morgan fingerprint density at radius 3 is 2.68 bits per heavy atom. The molecular weight excluding hydrogens is 478 g/mol. The molecule has 0 spiro atoms.